The molecule has 2 aliphatic heterocycles. The van der Waals surface area contributed by atoms with Crippen molar-refractivity contribution in [1.82, 2.24) is 9.88 Å². The number of benzene rings is 2. The van der Waals surface area contributed by atoms with Gasteiger partial charge in [0.25, 0.3) is 11.6 Å². The molecule has 0 saturated carbocycles. The van der Waals surface area contributed by atoms with Gasteiger partial charge < -0.3 is 24.2 Å². The average Bonchev–Trinajstić information content (AvgIpc) is 3.32. The molecule has 0 N–H and O–H groups in total. The number of aromatic nitrogens is 1. The smallest absolute Gasteiger partial charge is 0.293 e. The molecule has 0 atom stereocenters. The van der Waals surface area contributed by atoms with Gasteiger partial charge in [-0.2, -0.15) is 0 Å². The van der Waals surface area contributed by atoms with E-state index >= 15 is 0 Å². The Morgan fingerprint density at radius 2 is 1.86 bits per heavy atom. The van der Waals surface area contributed by atoms with Crippen LogP contribution in [0, 0.1) is 10.1 Å². The number of carbonyl (C=O) groups excluding carboxylic acids is 1. The minimum Gasteiger partial charge on any atom is -0.494 e. The second kappa shape index (κ2) is 10.0. The third kappa shape index (κ3) is 4.87. The van der Waals surface area contributed by atoms with Crippen LogP contribution in [0.2, 0.25) is 0 Å². The molecule has 11 heteroatoms. The molecule has 2 saturated heterocycles. The van der Waals surface area contributed by atoms with Crippen LogP contribution in [0.1, 0.15) is 17.3 Å². The van der Waals surface area contributed by atoms with Crippen molar-refractivity contribution in [3.8, 4) is 5.75 Å². The largest absolute Gasteiger partial charge is 0.494 e. The van der Waals surface area contributed by atoms with Crippen molar-refractivity contribution >= 4 is 44.0 Å². The number of piperazine rings is 1. The van der Waals surface area contributed by atoms with E-state index in [1.807, 2.05) is 30.0 Å². The third-order valence-corrected chi connectivity index (χ3v) is 7.35. The van der Waals surface area contributed by atoms with Crippen molar-refractivity contribution in [1.29, 1.82) is 0 Å². The lowest BCUT2D eigenvalue weighted by molar-refractivity contribution is -0.384. The lowest BCUT2D eigenvalue weighted by Gasteiger charge is -2.34. The summed E-state index contributed by atoms with van der Waals surface area (Å²) in [6, 6.07) is 10.7. The first-order valence-corrected chi connectivity index (χ1v) is 12.5. The molecule has 0 unspecified atom stereocenters. The van der Waals surface area contributed by atoms with Crippen molar-refractivity contribution in [2.24, 2.45) is 0 Å². The maximum atomic E-state index is 13.2. The first-order valence-electron chi connectivity index (χ1n) is 11.7. The summed E-state index contributed by atoms with van der Waals surface area (Å²) in [5, 5.41) is 12.7. The molecule has 35 heavy (non-hydrogen) atoms. The number of nitro benzene ring substituents is 1. The Hall–Kier alpha value is -3.44. The SMILES string of the molecule is CCOc1ccc2nc(N3CCN(C(=O)c4ccc(N5CCOCC5)c([N+](=O)[O-])c4)CC3)sc2c1. The summed E-state index contributed by atoms with van der Waals surface area (Å²) in [6.45, 7) is 7.18. The van der Waals surface area contributed by atoms with E-state index in [4.69, 9.17) is 14.5 Å². The van der Waals surface area contributed by atoms with Crippen LogP contribution in [0.4, 0.5) is 16.5 Å². The van der Waals surface area contributed by atoms with Crippen LogP contribution in [-0.4, -0.2) is 79.8 Å². The zero-order chi connectivity index (χ0) is 24.4. The van der Waals surface area contributed by atoms with Gasteiger partial charge in [-0.05, 0) is 37.3 Å². The van der Waals surface area contributed by atoms with E-state index in [1.165, 1.54) is 6.07 Å². The maximum absolute atomic E-state index is 13.2. The van der Waals surface area contributed by atoms with Crippen molar-refractivity contribution in [3.05, 3.63) is 52.1 Å². The normalized spacial score (nSPS) is 16.5. The summed E-state index contributed by atoms with van der Waals surface area (Å²) >= 11 is 1.61. The van der Waals surface area contributed by atoms with Gasteiger partial charge >= 0.3 is 0 Å². The van der Waals surface area contributed by atoms with Crippen LogP contribution in [0.15, 0.2) is 36.4 Å². The van der Waals surface area contributed by atoms with Crippen LogP contribution in [0.3, 0.4) is 0 Å². The lowest BCUT2D eigenvalue weighted by atomic mass is 10.1. The van der Waals surface area contributed by atoms with Crippen LogP contribution < -0.4 is 14.5 Å². The Morgan fingerprint density at radius 3 is 2.57 bits per heavy atom. The Bertz CT molecular complexity index is 1230. The molecule has 1 amide bonds. The van der Waals surface area contributed by atoms with Crippen molar-refractivity contribution < 1.29 is 19.2 Å². The number of nitro groups is 1. The monoisotopic (exact) mass is 497 g/mol. The van der Waals surface area contributed by atoms with Gasteiger partial charge in [-0.1, -0.05) is 11.3 Å². The lowest BCUT2D eigenvalue weighted by Crippen LogP contribution is -2.48. The minimum absolute atomic E-state index is 0.0442. The second-order valence-electron chi connectivity index (χ2n) is 8.40. The third-order valence-electron chi connectivity index (χ3n) is 6.27. The quantitative estimate of drug-likeness (QED) is 0.377. The number of nitrogens with zero attached hydrogens (tertiary/aromatic N) is 5. The van der Waals surface area contributed by atoms with Gasteiger partial charge in [0.15, 0.2) is 5.13 Å². The molecule has 0 spiro atoms. The molecule has 1 aromatic heterocycles. The molecule has 10 nitrogen and oxygen atoms in total. The van der Waals surface area contributed by atoms with Gasteiger partial charge in [0.2, 0.25) is 0 Å². The highest BCUT2D eigenvalue weighted by Gasteiger charge is 2.27. The van der Waals surface area contributed by atoms with Crippen molar-refractivity contribution in [2.45, 2.75) is 6.92 Å². The number of thiazole rings is 1. The van der Waals surface area contributed by atoms with E-state index in [9.17, 15) is 14.9 Å². The van der Waals surface area contributed by atoms with E-state index in [2.05, 4.69) is 4.90 Å². The highest BCUT2D eigenvalue weighted by atomic mass is 32.1. The number of anilines is 2. The zero-order valence-electron chi connectivity index (χ0n) is 19.5. The summed E-state index contributed by atoms with van der Waals surface area (Å²) in [7, 11) is 0. The van der Waals surface area contributed by atoms with Gasteiger partial charge in [-0.15, -0.1) is 0 Å². The second-order valence-corrected chi connectivity index (χ2v) is 9.41. The topological polar surface area (TPSA) is 101 Å². The summed E-state index contributed by atoms with van der Waals surface area (Å²) < 4.78 is 12.0. The molecule has 2 aromatic carbocycles. The fraction of sp³-hybridized carbons (Fsp3) is 0.417. The molecular weight excluding hydrogens is 470 g/mol. The van der Waals surface area contributed by atoms with Crippen molar-refractivity contribution in [3.63, 3.8) is 0 Å². The Balaban J connectivity index is 1.27. The minimum atomic E-state index is -0.413. The molecule has 3 aromatic rings. The number of morpholine rings is 1. The fourth-order valence-electron chi connectivity index (χ4n) is 4.44. The van der Waals surface area contributed by atoms with E-state index in [0.29, 0.717) is 70.3 Å². The molecule has 0 bridgehead atoms. The number of amides is 1. The molecular formula is C24H27N5O5S. The maximum Gasteiger partial charge on any atom is 0.293 e. The van der Waals surface area contributed by atoms with E-state index in [-0.39, 0.29) is 11.6 Å². The Kier molecular flexibility index (Phi) is 6.69. The van der Waals surface area contributed by atoms with Crippen LogP contribution in [0.25, 0.3) is 10.2 Å². The van der Waals surface area contributed by atoms with Crippen LogP contribution >= 0.6 is 11.3 Å². The summed E-state index contributed by atoms with van der Waals surface area (Å²) in [4.78, 5) is 35.1. The van der Waals surface area contributed by atoms with Crippen molar-refractivity contribution in [2.75, 3.05) is 68.9 Å². The predicted molar refractivity (Wildman–Crippen MR) is 135 cm³/mol. The zero-order valence-corrected chi connectivity index (χ0v) is 20.3. The highest BCUT2D eigenvalue weighted by Crippen LogP contribution is 2.33. The van der Waals surface area contributed by atoms with E-state index in [1.54, 1.807) is 28.4 Å². The number of hydrogen-bond donors (Lipinski definition) is 0. The Morgan fingerprint density at radius 1 is 1.09 bits per heavy atom. The number of rotatable bonds is 6. The molecule has 3 heterocycles. The summed E-state index contributed by atoms with van der Waals surface area (Å²) in [6.07, 6.45) is 0. The first kappa shape index (κ1) is 23.3. The van der Waals surface area contributed by atoms with Crippen LogP contribution in [-0.2, 0) is 4.74 Å². The molecule has 0 radical (unpaired) electrons. The predicted octanol–water partition coefficient (Wildman–Crippen LogP) is 3.40. The van der Waals surface area contributed by atoms with Gasteiger partial charge in [0.1, 0.15) is 11.4 Å². The highest BCUT2D eigenvalue weighted by molar-refractivity contribution is 7.22. The van der Waals surface area contributed by atoms with E-state index < -0.39 is 4.92 Å². The first-order chi connectivity index (χ1) is 17.0. The van der Waals surface area contributed by atoms with Crippen LogP contribution in [0.5, 0.6) is 5.75 Å². The standard InChI is InChI=1S/C24H27N5O5S/c1-2-34-18-4-5-19-22(16-18)35-24(25-19)28-9-7-27(8-10-28)23(30)17-3-6-20(21(15-17)29(31)32)26-11-13-33-14-12-26/h3-6,15-16H,2,7-14H2,1H3. The molecule has 2 fully saturated rings. The van der Waals surface area contributed by atoms with Gasteiger partial charge in [0.05, 0.1) is 35.0 Å². The van der Waals surface area contributed by atoms with Gasteiger partial charge in [-0.3, -0.25) is 14.9 Å². The molecule has 184 valence electrons. The summed E-state index contributed by atoms with van der Waals surface area (Å²) in [5.41, 5.74) is 1.76. The molecule has 2 aliphatic rings. The number of carbonyl (C=O) groups is 1. The number of ether oxygens (including phenoxy) is 2. The van der Waals surface area contributed by atoms with Gasteiger partial charge in [-0.25, -0.2) is 4.98 Å². The number of hydrogen-bond acceptors (Lipinski definition) is 9. The number of fused-ring (bicyclic) bond motifs is 1. The van der Waals surface area contributed by atoms with Gasteiger partial charge in [0, 0.05) is 50.9 Å². The molecule has 0 aliphatic carbocycles. The van der Waals surface area contributed by atoms with E-state index in [0.717, 1.165) is 21.1 Å². The average molecular weight is 498 g/mol. The fourth-order valence-corrected chi connectivity index (χ4v) is 5.49. The molecule has 5 rings (SSSR count). The summed E-state index contributed by atoms with van der Waals surface area (Å²) in [5.74, 6) is 0.645. The Labute approximate surface area is 206 Å².